The smallest absolute Gasteiger partial charge is 0.280 e. The van der Waals surface area contributed by atoms with E-state index in [2.05, 4.69) is 10.2 Å². The van der Waals surface area contributed by atoms with Crippen LogP contribution in [0.25, 0.3) is 0 Å². The van der Waals surface area contributed by atoms with Crippen LogP contribution in [0.15, 0.2) is 23.4 Å². The van der Waals surface area contributed by atoms with Crippen molar-refractivity contribution >= 4 is 29.1 Å². The van der Waals surface area contributed by atoms with Gasteiger partial charge in [0.1, 0.15) is 0 Å². The Morgan fingerprint density at radius 2 is 2.00 bits per heavy atom. The summed E-state index contributed by atoms with van der Waals surface area (Å²) in [6.45, 7) is 0. The number of nitro benzene ring substituents is 2. The second-order valence-corrected chi connectivity index (χ2v) is 4.96. The molecule has 2 aromatic rings. The molecular formula is C10H10N6O4S. The highest BCUT2D eigenvalue weighted by molar-refractivity contribution is 7.98. The average Bonchev–Trinajstić information content (AvgIpc) is 2.76. The molecule has 0 amide bonds. The van der Waals surface area contributed by atoms with Gasteiger partial charge in [-0.1, -0.05) is 11.8 Å². The number of hydrogen-bond donors (Lipinski definition) is 1. The van der Waals surface area contributed by atoms with E-state index in [0.29, 0.717) is 10.7 Å². The molecule has 110 valence electrons. The minimum atomic E-state index is -0.673. The molecule has 0 spiro atoms. The van der Waals surface area contributed by atoms with Gasteiger partial charge in [0.05, 0.1) is 15.9 Å². The van der Waals surface area contributed by atoms with Crippen LogP contribution in [0.1, 0.15) is 5.56 Å². The van der Waals surface area contributed by atoms with Crippen molar-refractivity contribution in [2.75, 3.05) is 5.73 Å². The van der Waals surface area contributed by atoms with Gasteiger partial charge in [-0.3, -0.25) is 24.8 Å². The fourth-order valence-electron chi connectivity index (χ4n) is 1.55. The molecule has 1 aromatic carbocycles. The molecule has 0 unspecified atom stereocenters. The van der Waals surface area contributed by atoms with Crippen molar-refractivity contribution in [2.24, 2.45) is 7.05 Å². The zero-order valence-corrected chi connectivity index (χ0v) is 11.6. The summed E-state index contributed by atoms with van der Waals surface area (Å²) < 4.78 is 1.54. The Morgan fingerprint density at radius 1 is 1.29 bits per heavy atom. The summed E-state index contributed by atoms with van der Waals surface area (Å²) in [7, 11) is 1.67. The molecule has 21 heavy (non-hydrogen) atoms. The van der Waals surface area contributed by atoms with Crippen LogP contribution in [-0.2, 0) is 12.8 Å². The molecule has 0 bridgehead atoms. The van der Waals surface area contributed by atoms with Crippen LogP contribution in [0.4, 0.5) is 17.3 Å². The molecule has 0 radical (unpaired) electrons. The lowest BCUT2D eigenvalue weighted by molar-refractivity contribution is -0.394. The van der Waals surface area contributed by atoms with E-state index in [1.54, 1.807) is 11.6 Å². The third-order valence-electron chi connectivity index (χ3n) is 2.70. The number of benzene rings is 1. The summed E-state index contributed by atoms with van der Waals surface area (Å²) in [5.74, 6) is 0.455. The van der Waals surface area contributed by atoms with Gasteiger partial charge < -0.3 is 5.73 Å². The van der Waals surface area contributed by atoms with Gasteiger partial charge in [0.25, 0.3) is 11.4 Å². The van der Waals surface area contributed by atoms with Gasteiger partial charge in [0.2, 0.25) is 5.95 Å². The highest BCUT2D eigenvalue weighted by Gasteiger charge is 2.20. The fourth-order valence-corrected chi connectivity index (χ4v) is 2.47. The number of nitrogens with two attached hydrogens (primary N) is 1. The highest BCUT2D eigenvalue weighted by Crippen LogP contribution is 2.30. The first-order chi connectivity index (χ1) is 9.90. The van der Waals surface area contributed by atoms with Crippen molar-refractivity contribution in [3.8, 4) is 0 Å². The number of anilines is 1. The van der Waals surface area contributed by atoms with Crippen molar-refractivity contribution in [2.45, 2.75) is 10.9 Å². The van der Waals surface area contributed by atoms with E-state index in [1.807, 2.05) is 0 Å². The van der Waals surface area contributed by atoms with Gasteiger partial charge in [-0.05, 0) is 6.07 Å². The van der Waals surface area contributed by atoms with Gasteiger partial charge >= 0.3 is 0 Å². The highest BCUT2D eigenvalue weighted by atomic mass is 32.2. The lowest BCUT2D eigenvalue weighted by Crippen LogP contribution is -1.99. The zero-order chi connectivity index (χ0) is 15.6. The number of aromatic nitrogens is 3. The standard InChI is InChI=1S/C10H10N6O4S/c1-14-9(11)12-13-10(14)21-5-6-2-3-7(15(17)18)4-8(6)16(19)20/h2-4H,5H2,1H3,(H2,11,12). The van der Waals surface area contributed by atoms with E-state index in [4.69, 9.17) is 5.73 Å². The molecule has 0 saturated heterocycles. The van der Waals surface area contributed by atoms with Gasteiger partial charge in [0, 0.05) is 24.4 Å². The third-order valence-corrected chi connectivity index (χ3v) is 3.77. The maximum Gasteiger partial charge on any atom is 0.280 e. The number of nitrogen functional groups attached to an aromatic ring is 1. The molecule has 2 N–H and O–H groups in total. The summed E-state index contributed by atoms with van der Waals surface area (Å²) in [4.78, 5) is 20.3. The SMILES string of the molecule is Cn1c(N)nnc1SCc1ccc([N+](=O)[O-])cc1[N+](=O)[O-]. The minimum Gasteiger partial charge on any atom is -0.368 e. The van der Waals surface area contributed by atoms with Crippen molar-refractivity contribution in [1.82, 2.24) is 14.8 Å². The van der Waals surface area contributed by atoms with Crippen molar-refractivity contribution < 1.29 is 9.85 Å². The van der Waals surface area contributed by atoms with Crippen LogP contribution >= 0.6 is 11.8 Å². The molecule has 0 atom stereocenters. The van der Waals surface area contributed by atoms with E-state index < -0.39 is 9.85 Å². The van der Waals surface area contributed by atoms with E-state index in [9.17, 15) is 20.2 Å². The molecule has 0 aliphatic heterocycles. The number of rotatable bonds is 5. The Balaban J connectivity index is 2.25. The molecule has 0 aliphatic rings. The normalized spacial score (nSPS) is 10.5. The Labute approximate surface area is 122 Å². The molecule has 0 fully saturated rings. The molecule has 0 saturated carbocycles. The van der Waals surface area contributed by atoms with Gasteiger partial charge in [-0.15, -0.1) is 10.2 Å². The molecular weight excluding hydrogens is 300 g/mol. The lowest BCUT2D eigenvalue weighted by Gasteiger charge is -2.03. The fraction of sp³-hybridized carbons (Fsp3) is 0.200. The summed E-state index contributed by atoms with van der Waals surface area (Å²) in [5.41, 5.74) is 5.27. The van der Waals surface area contributed by atoms with Crippen LogP contribution < -0.4 is 5.73 Å². The maximum absolute atomic E-state index is 11.0. The molecule has 1 aromatic heterocycles. The monoisotopic (exact) mass is 310 g/mol. The largest absolute Gasteiger partial charge is 0.368 e. The van der Waals surface area contributed by atoms with Gasteiger partial charge in [0.15, 0.2) is 5.16 Å². The number of hydrogen-bond acceptors (Lipinski definition) is 8. The predicted molar refractivity (Wildman–Crippen MR) is 74.7 cm³/mol. The lowest BCUT2D eigenvalue weighted by atomic mass is 10.2. The van der Waals surface area contributed by atoms with Crippen molar-refractivity contribution in [3.63, 3.8) is 0 Å². The topological polar surface area (TPSA) is 143 Å². The predicted octanol–water partition coefficient (Wildman–Crippen LogP) is 1.51. The molecule has 0 aliphatic carbocycles. The summed E-state index contributed by atoms with van der Waals surface area (Å²) in [6, 6.07) is 3.54. The van der Waals surface area contributed by atoms with E-state index >= 15 is 0 Å². The quantitative estimate of drug-likeness (QED) is 0.497. The van der Waals surface area contributed by atoms with Crippen LogP contribution in [-0.4, -0.2) is 24.6 Å². The summed E-state index contributed by atoms with van der Waals surface area (Å²) in [5, 5.41) is 29.6. The molecule has 1 heterocycles. The van der Waals surface area contributed by atoms with E-state index in [-0.39, 0.29) is 23.1 Å². The summed E-state index contributed by atoms with van der Waals surface area (Å²) in [6.07, 6.45) is 0. The molecule has 2 rings (SSSR count). The van der Waals surface area contributed by atoms with Crippen LogP contribution in [0, 0.1) is 20.2 Å². The molecule has 10 nitrogen and oxygen atoms in total. The first kappa shape index (κ1) is 14.7. The van der Waals surface area contributed by atoms with Gasteiger partial charge in [-0.2, -0.15) is 0 Å². The molecule has 11 heteroatoms. The average molecular weight is 310 g/mol. The first-order valence-corrected chi connectivity index (χ1v) is 6.58. The Bertz CT molecular complexity index is 716. The van der Waals surface area contributed by atoms with E-state index in [1.165, 1.54) is 23.9 Å². The van der Waals surface area contributed by atoms with Crippen LogP contribution in [0.2, 0.25) is 0 Å². The van der Waals surface area contributed by atoms with E-state index in [0.717, 1.165) is 6.07 Å². The second kappa shape index (κ2) is 5.75. The Morgan fingerprint density at radius 3 is 2.52 bits per heavy atom. The zero-order valence-electron chi connectivity index (χ0n) is 10.8. The third kappa shape index (κ3) is 3.08. The Hall–Kier alpha value is -2.69. The van der Waals surface area contributed by atoms with Gasteiger partial charge in [-0.25, -0.2) is 0 Å². The van der Waals surface area contributed by atoms with Crippen LogP contribution in [0.3, 0.4) is 0 Å². The number of non-ortho nitro benzene ring substituents is 1. The van der Waals surface area contributed by atoms with Crippen molar-refractivity contribution in [1.29, 1.82) is 0 Å². The summed E-state index contributed by atoms with van der Waals surface area (Å²) >= 11 is 1.20. The first-order valence-electron chi connectivity index (χ1n) is 5.59. The maximum atomic E-state index is 11.0. The number of nitro groups is 2. The minimum absolute atomic E-state index is 0.223. The Kier molecular flexibility index (Phi) is 4.03. The number of thioether (sulfide) groups is 1. The van der Waals surface area contributed by atoms with Crippen molar-refractivity contribution in [3.05, 3.63) is 44.0 Å². The number of nitrogens with zero attached hydrogens (tertiary/aromatic N) is 5. The van der Waals surface area contributed by atoms with Crippen LogP contribution in [0.5, 0.6) is 0 Å². The second-order valence-electron chi connectivity index (χ2n) is 4.02.